The third-order valence-corrected chi connectivity index (χ3v) is 2.54. The molecule has 0 aliphatic heterocycles. The van der Waals surface area contributed by atoms with Gasteiger partial charge in [0, 0.05) is 0 Å². The van der Waals surface area contributed by atoms with Crippen LogP contribution in [0.5, 0.6) is 0 Å². The van der Waals surface area contributed by atoms with Crippen molar-refractivity contribution < 1.29 is 13.9 Å². The lowest BCUT2D eigenvalue weighted by Gasteiger charge is -2.22. The first-order valence-electron chi connectivity index (χ1n) is 6.17. The van der Waals surface area contributed by atoms with Gasteiger partial charge in [-0.1, -0.05) is 24.6 Å². The number of hydrogen-bond acceptors (Lipinski definition) is 2. The molecule has 18 heavy (non-hydrogen) atoms. The van der Waals surface area contributed by atoms with Gasteiger partial charge in [-0.25, -0.2) is 4.39 Å². The van der Waals surface area contributed by atoms with Crippen LogP contribution in [0.15, 0.2) is 18.2 Å². The van der Waals surface area contributed by atoms with Crippen LogP contribution in [0, 0.1) is 18.7 Å². The Morgan fingerprint density at radius 1 is 1.39 bits per heavy atom. The molecule has 0 heterocycles. The Hall–Kier alpha value is -1.38. The van der Waals surface area contributed by atoms with E-state index in [2.05, 4.69) is 0 Å². The van der Waals surface area contributed by atoms with Crippen LogP contribution in [-0.4, -0.2) is 11.6 Å². The minimum atomic E-state index is -0.503. The zero-order chi connectivity index (χ0) is 13.9. The molecule has 0 saturated heterocycles. The first-order valence-corrected chi connectivity index (χ1v) is 6.17. The second-order valence-electron chi connectivity index (χ2n) is 5.73. The van der Waals surface area contributed by atoms with Crippen molar-refractivity contribution in [2.45, 2.75) is 46.6 Å². The van der Waals surface area contributed by atoms with E-state index >= 15 is 0 Å². The Bertz CT molecular complexity index is 433. The van der Waals surface area contributed by atoms with E-state index in [0.29, 0.717) is 12.0 Å². The highest BCUT2D eigenvalue weighted by molar-refractivity contribution is 5.72. The molecule has 1 rings (SSSR count). The predicted octanol–water partition coefficient (Wildman–Crippen LogP) is 3.65. The first-order chi connectivity index (χ1) is 8.19. The Balaban J connectivity index is 2.72. The molecule has 1 aromatic carbocycles. The van der Waals surface area contributed by atoms with Crippen molar-refractivity contribution in [3.05, 3.63) is 35.1 Å². The number of benzene rings is 1. The largest absolute Gasteiger partial charge is 0.460 e. The summed E-state index contributed by atoms with van der Waals surface area (Å²) in [5.74, 6) is -0.903. The van der Waals surface area contributed by atoms with Gasteiger partial charge in [-0.2, -0.15) is 0 Å². The van der Waals surface area contributed by atoms with E-state index < -0.39 is 5.60 Å². The molecule has 3 heteroatoms. The number of esters is 1. The fourth-order valence-electron chi connectivity index (χ4n) is 1.68. The maximum Gasteiger partial charge on any atom is 0.309 e. The first kappa shape index (κ1) is 14.7. The average molecular weight is 252 g/mol. The maximum atomic E-state index is 13.6. The lowest BCUT2D eigenvalue weighted by atomic mass is 9.99. The van der Waals surface area contributed by atoms with Crippen molar-refractivity contribution in [2.75, 3.05) is 0 Å². The summed E-state index contributed by atoms with van der Waals surface area (Å²) in [7, 11) is 0. The number of halogens is 1. The lowest BCUT2D eigenvalue weighted by Crippen LogP contribution is -2.28. The molecular weight excluding hydrogens is 231 g/mol. The smallest absolute Gasteiger partial charge is 0.309 e. The number of ether oxygens (including phenoxy) is 1. The highest BCUT2D eigenvalue weighted by Gasteiger charge is 2.22. The predicted molar refractivity (Wildman–Crippen MR) is 69.9 cm³/mol. The topological polar surface area (TPSA) is 26.3 Å². The van der Waals surface area contributed by atoms with Crippen molar-refractivity contribution in [3.8, 4) is 0 Å². The summed E-state index contributed by atoms with van der Waals surface area (Å²) in [6.45, 7) is 9.14. The van der Waals surface area contributed by atoms with E-state index in [9.17, 15) is 9.18 Å². The van der Waals surface area contributed by atoms with Gasteiger partial charge in [0.25, 0.3) is 0 Å². The van der Waals surface area contributed by atoms with Crippen molar-refractivity contribution >= 4 is 5.97 Å². The molecule has 0 spiro atoms. The third-order valence-electron chi connectivity index (χ3n) is 2.54. The molecule has 0 N–H and O–H groups in total. The van der Waals surface area contributed by atoms with Gasteiger partial charge in [-0.05, 0) is 45.7 Å². The molecule has 100 valence electrons. The van der Waals surface area contributed by atoms with Crippen LogP contribution >= 0.6 is 0 Å². The number of hydrogen-bond donors (Lipinski definition) is 0. The van der Waals surface area contributed by atoms with Gasteiger partial charge in [0.1, 0.15) is 11.4 Å². The summed E-state index contributed by atoms with van der Waals surface area (Å²) in [6.07, 6.45) is 0.364. The molecule has 0 aliphatic rings. The molecule has 2 nitrogen and oxygen atoms in total. The van der Waals surface area contributed by atoms with Crippen LogP contribution in [0.2, 0.25) is 0 Å². The molecule has 0 radical (unpaired) electrons. The highest BCUT2D eigenvalue weighted by atomic mass is 19.1. The van der Waals surface area contributed by atoms with Crippen molar-refractivity contribution in [2.24, 2.45) is 5.92 Å². The van der Waals surface area contributed by atoms with Crippen LogP contribution < -0.4 is 0 Å². The Kier molecular flexibility index (Phi) is 4.49. The van der Waals surface area contributed by atoms with Crippen LogP contribution in [0.3, 0.4) is 0 Å². The van der Waals surface area contributed by atoms with E-state index in [-0.39, 0.29) is 17.7 Å². The fourth-order valence-corrected chi connectivity index (χ4v) is 1.68. The van der Waals surface area contributed by atoms with Gasteiger partial charge in [0.2, 0.25) is 0 Å². The summed E-state index contributed by atoms with van der Waals surface area (Å²) in [4.78, 5) is 11.8. The molecule has 0 aromatic heterocycles. The summed E-state index contributed by atoms with van der Waals surface area (Å²) >= 11 is 0. The second-order valence-corrected chi connectivity index (χ2v) is 5.73. The van der Waals surface area contributed by atoms with Gasteiger partial charge in [-0.15, -0.1) is 0 Å². The van der Waals surface area contributed by atoms with Crippen LogP contribution in [0.1, 0.15) is 38.8 Å². The fraction of sp³-hybridized carbons (Fsp3) is 0.533. The Morgan fingerprint density at radius 3 is 2.56 bits per heavy atom. The van der Waals surface area contributed by atoms with Crippen molar-refractivity contribution in [1.29, 1.82) is 0 Å². The Morgan fingerprint density at radius 2 is 2.00 bits per heavy atom. The zero-order valence-corrected chi connectivity index (χ0v) is 11.7. The van der Waals surface area contributed by atoms with Gasteiger partial charge in [0.05, 0.1) is 5.92 Å². The number of carbonyl (C=O) groups is 1. The van der Waals surface area contributed by atoms with Crippen molar-refractivity contribution in [1.82, 2.24) is 0 Å². The summed E-state index contributed by atoms with van der Waals surface area (Å²) in [5.41, 5.74) is 1.05. The van der Waals surface area contributed by atoms with Gasteiger partial charge >= 0.3 is 5.97 Å². The highest BCUT2D eigenvalue weighted by Crippen LogP contribution is 2.18. The third kappa shape index (κ3) is 4.47. The summed E-state index contributed by atoms with van der Waals surface area (Å²) in [6, 6.07) is 4.93. The molecule has 0 fully saturated rings. The Labute approximate surface area is 108 Å². The monoisotopic (exact) mass is 252 g/mol. The van der Waals surface area contributed by atoms with E-state index in [4.69, 9.17) is 4.74 Å². The minimum Gasteiger partial charge on any atom is -0.460 e. The summed E-state index contributed by atoms with van der Waals surface area (Å²) in [5, 5.41) is 0. The number of aryl methyl sites for hydroxylation is 1. The standard InChI is InChI=1S/C15H21FO2/c1-10-6-7-13(16)12(8-10)9-11(2)14(17)18-15(3,4)5/h6-8,11H,9H2,1-5H3/t11-/m0/s1. The van der Waals surface area contributed by atoms with Gasteiger partial charge in [-0.3, -0.25) is 4.79 Å². The van der Waals surface area contributed by atoms with Gasteiger partial charge in [0.15, 0.2) is 0 Å². The van der Waals surface area contributed by atoms with E-state index in [0.717, 1.165) is 5.56 Å². The molecule has 0 amide bonds. The molecule has 0 aliphatic carbocycles. The van der Waals surface area contributed by atoms with E-state index in [1.165, 1.54) is 6.07 Å². The normalized spacial score (nSPS) is 13.2. The second kappa shape index (κ2) is 5.51. The zero-order valence-electron chi connectivity index (χ0n) is 11.7. The molecule has 0 bridgehead atoms. The number of rotatable bonds is 3. The minimum absolute atomic E-state index is 0.268. The molecule has 1 atom stereocenters. The molecule has 1 aromatic rings. The number of carbonyl (C=O) groups excluding carboxylic acids is 1. The van der Waals surface area contributed by atoms with E-state index in [1.807, 2.05) is 27.7 Å². The lowest BCUT2D eigenvalue weighted by molar-refractivity contribution is -0.159. The van der Waals surface area contributed by atoms with Crippen LogP contribution in [-0.2, 0) is 16.0 Å². The van der Waals surface area contributed by atoms with Crippen molar-refractivity contribution in [3.63, 3.8) is 0 Å². The quantitative estimate of drug-likeness (QED) is 0.767. The van der Waals surface area contributed by atoms with Crippen LogP contribution in [0.25, 0.3) is 0 Å². The molecule has 0 unspecified atom stereocenters. The van der Waals surface area contributed by atoms with Gasteiger partial charge < -0.3 is 4.74 Å². The SMILES string of the molecule is Cc1ccc(F)c(C[C@H](C)C(=O)OC(C)(C)C)c1. The van der Waals surface area contributed by atoms with E-state index in [1.54, 1.807) is 19.1 Å². The molecular formula is C15H21FO2. The maximum absolute atomic E-state index is 13.6. The molecule has 0 saturated carbocycles. The summed E-state index contributed by atoms with van der Waals surface area (Å²) < 4.78 is 18.9. The van der Waals surface area contributed by atoms with Crippen LogP contribution in [0.4, 0.5) is 4.39 Å². The average Bonchev–Trinajstić information content (AvgIpc) is 2.21.